The maximum atomic E-state index is 12.3. The standard InChI is InChI=1S/C21H17Br3N2O3/c1-26-18(7-8-25-26)19(27)5-3-13-4-6-20(28-2)14(9-13)12-29-21-16(23)10-15(22)11-17(21)24/h3-11H,12H2,1-2H3/b5-3+. The number of carbonyl (C=O) groups excluding carboxylic acids is 1. The average Bonchev–Trinajstić information content (AvgIpc) is 3.11. The van der Waals surface area contributed by atoms with Crippen LogP contribution in [0.5, 0.6) is 11.5 Å². The Labute approximate surface area is 194 Å². The van der Waals surface area contributed by atoms with Gasteiger partial charge in [-0.25, -0.2) is 0 Å². The number of hydrogen-bond acceptors (Lipinski definition) is 4. The van der Waals surface area contributed by atoms with Gasteiger partial charge in [0.1, 0.15) is 23.8 Å². The van der Waals surface area contributed by atoms with E-state index in [1.54, 1.807) is 37.2 Å². The number of ketones is 1. The van der Waals surface area contributed by atoms with Gasteiger partial charge in [-0.3, -0.25) is 9.48 Å². The van der Waals surface area contributed by atoms with Gasteiger partial charge in [-0.1, -0.05) is 28.1 Å². The van der Waals surface area contributed by atoms with Gasteiger partial charge in [0.2, 0.25) is 5.78 Å². The van der Waals surface area contributed by atoms with Crippen LogP contribution in [-0.4, -0.2) is 22.7 Å². The lowest BCUT2D eigenvalue weighted by Gasteiger charge is -2.14. The minimum absolute atomic E-state index is 0.110. The molecule has 5 nitrogen and oxygen atoms in total. The summed E-state index contributed by atoms with van der Waals surface area (Å²) in [6.07, 6.45) is 4.90. The first kappa shape index (κ1) is 21.8. The monoisotopic (exact) mass is 582 g/mol. The molecule has 0 atom stereocenters. The number of nitrogens with zero attached hydrogens (tertiary/aromatic N) is 2. The highest BCUT2D eigenvalue weighted by molar-refractivity contribution is 9.11. The first-order valence-corrected chi connectivity index (χ1v) is 10.9. The molecule has 0 spiro atoms. The van der Waals surface area contributed by atoms with Gasteiger partial charge in [-0.15, -0.1) is 0 Å². The zero-order valence-corrected chi connectivity index (χ0v) is 20.4. The molecule has 3 aromatic rings. The highest BCUT2D eigenvalue weighted by atomic mass is 79.9. The molecule has 3 rings (SSSR count). The summed E-state index contributed by atoms with van der Waals surface area (Å²) in [4.78, 5) is 12.3. The van der Waals surface area contributed by atoms with E-state index in [4.69, 9.17) is 9.47 Å². The third kappa shape index (κ3) is 5.38. The van der Waals surface area contributed by atoms with Gasteiger partial charge in [0.15, 0.2) is 0 Å². The van der Waals surface area contributed by atoms with Crippen molar-refractivity contribution >= 4 is 59.6 Å². The van der Waals surface area contributed by atoms with Crippen molar-refractivity contribution < 1.29 is 14.3 Å². The molecule has 0 unspecified atom stereocenters. The number of benzene rings is 2. The quantitative estimate of drug-likeness (QED) is 0.245. The summed E-state index contributed by atoms with van der Waals surface area (Å²) in [7, 11) is 3.36. The minimum atomic E-state index is -0.110. The van der Waals surface area contributed by atoms with E-state index in [0.29, 0.717) is 23.8 Å². The second-order valence-corrected chi connectivity index (χ2v) is 8.72. The third-order valence-corrected chi connectivity index (χ3v) is 5.78. The fourth-order valence-electron chi connectivity index (χ4n) is 2.70. The first-order valence-electron chi connectivity index (χ1n) is 8.53. The Morgan fingerprint density at radius 2 is 1.86 bits per heavy atom. The van der Waals surface area contributed by atoms with Gasteiger partial charge in [0.05, 0.1) is 16.1 Å². The molecule has 0 amide bonds. The zero-order valence-electron chi connectivity index (χ0n) is 15.7. The van der Waals surface area contributed by atoms with Crippen LogP contribution in [0.2, 0.25) is 0 Å². The molecule has 1 heterocycles. The number of rotatable bonds is 7. The Bertz CT molecular complexity index is 1050. The van der Waals surface area contributed by atoms with Crippen molar-refractivity contribution in [1.29, 1.82) is 0 Å². The molecule has 0 saturated heterocycles. The average molecular weight is 585 g/mol. The highest BCUT2D eigenvalue weighted by Gasteiger charge is 2.11. The number of methoxy groups -OCH3 is 1. The summed E-state index contributed by atoms with van der Waals surface area (Å²) in [6.45, 7) is 0.305. The van der Waals surface area contributed by atoms with Crippen LogP contribution in [0, 0.1) is 0 Å². The van der Waals surface area contributed by atoms with Gasteiger partial charge < -0.3 is 9.47 Å². The van der Waals surface area contributed by atoms with Crippen LogP contribution in [0.15, 0.2) is 62.1 Å². The van der Waals surface area contributed by atoms with Gasteiger partial charge >= 0.3 is 0 Å². The van der Waals surface area contributed by atoms with Crippen LogP contribution < -0.4 is 9.47 Å². The number of carbonyl (C=O) groups is 1. The Balaban J connectivity index is 1.80. The summed E-state index contributed by atoms with van der Waals surface area (Å²) in [5.41, 5.74) is 2.27. The molecular weight excluding hydrogens is 568 g/mol. The number of hydrogen-bond donors (Lipinski definition) is 0. The Hall–Kier alpha value is -1.90. The highest BCUT2D eigenvalue weighted by Crippen LogP contribution is 2.37. The zero-order chi connectivity index (χ0) is 21.0. The van der Waals surface area contributed by atoms with E-state index < -0.39 is 0 Å². The topological polar surface area (TPSA) is 53.3 Å². The Morgan fingerprint density at radius 1 is 1.14 bits per heavy atom. The molecule has 0 aliphatic heterocycles. The molecule has 0 N–H and O–H groups in total. The summed E-state index contributed by atoms with van der Waals surface area (Å²) >= 11 is 10.5. The largest absolute Gasteiger partial charge is 0.496 e. The predicted octanol–water partition coefficient (Wildman–Crippen LogP) is 6.19. The first-order chi connectivity index (χ1) is 13.9. The lowest BCUT2D eigenvalue weighted by Crippen LogP contribution is -2.04. The van der Waals surface area contributed by atoms with Gasteiger partial charge in [-0.05, 0) is 73.8 Å². The number of ether oxygens (including phenoxy) is 2. The van der Waals surface area contributed by atoms with Crippen LogP contribution in [-0.2, 0) is 13.7 Å². The lowest BCUT2D eigenvalue weighted by atomic mass is 10.1. The van der Waals surface area contributed by atoms with Crippen LogP contribution in [0.4, 0.5) is 0 Å². The SMILES string of the molecule is COc1ccc(/C=C/C(=O)c2ccnn2C)cc1COc1c(Br)cc(Br)cc1Br. The smallest absolute Gasteiger partial charge is 0.203 e. The normalized spacial score (nSPS) is 11.1. The second kappa shape index (κ2) is 9.73. The molecule has 150 valence electrons. The van der Waals surface area contributed by atoms with E-state index in [1.807, 2.05) is 30.3 Å². The number of halogens is 3. The van der Waals surface area contributed by atoms with Crippen molar-refractivity contribution in [3.05, 3.63) is 78.9 Å². The van der Waals surface area contributed by atoms with Crippen LogP contribution in [0.1, 0.15) is 21.6 Å². The maximum Gasteiger partial charge on any atom is 0.203 e. The predicted molar refractivity (Wildman–Crippen MR) is 123 cm³/mol. The number of aryl methyl sites for hydroxylation is 1. The molecule has 1 aromatic heterocycles. The molecular formula is C21H17Br3N2O3. The molecule has 0 radical (unpaired) electrons. The van der Waals surface area contributed by atoms with Crippen LogP contribution >= 0.6 is 47.8 Å². The van der Waals surface area contributed by atoms with Gasteiger partial charge in [0.25, 0.3) is 0 Å². The van der Waals surface area contributed by atoms with Crippen LogP contribution in [0.3, 0.4) is 0 Å². The molecule has 8 heteroatoms. The molecule has 29 heavy (non-hydrogen) atoms. The number of aromatic nitrogens is 2. The summed E-state index contributed by atoms with van der Waals surface area (Å²) in [5.74, 6) is 1.30. The minimum Gasteiger partial charge on any atom is -0.496 e. The van der Waals surface area contributed by atoms with E-state index in [0.717, 1.165) is 24.5 Å². The van der Waals surface area contributed by atoms with E-state index in [2.05, 4.69) is 52.9 Å². The molecule has 0 saturated carbocycles. The van der Waals surface area contributed by atoms with Crippen molar-refractivity contribution in [3.63, 3.8) is 0 Å². The maximum absolute atomic E-state index is 12.3. The fraction of sp³-hybridized carbons (Fsp3) is 0.143. The lowest BCUT2D eigenvalue weighted by molar-refractivity contribution is 0.103. The van der Waals surface area contributed by atoms with Crippen LogP contribution in [0.25, 0.3) is 6.08 Å². The summed E-state index contributed by atoms with van der Waals surface area (Å²) in [5, 5.41) is 4.02. The molecule has 0 fully saturated rings. The van der Waals surface area contributed by atoms with Crippen molar-refractivity contribution in [2.45, 2.75) is 6.61 Å². The van der Waals surface area contributed by atoms with E-state index in [-0.39, 0.29) is 5.78 Å². The molecule has 0 aliphatic rings. The third-order valence-electron chi connectivity index (χ3n) is 4.14. The van der Waals surface area contributed by atoms with E-state index in [9.17, 15) is 4.79 Å². The van der Waals surface area contributed by atoms with Crippen molar-refractivity contribution in [3.8, 4) is 11.5 Å². The Morgan fingerprint density at radius 3 is 2.48 bits per heavy atom. The van der Waals surface area contributed by atoms with Gasteiger partial charge in [0, 0.05) is 23.3 Å². The van der Waals surface area contributed by atoms with E-state index in [1.165, 1.54) is 6.08 Å². The summed E-state index contributed by atoms with van der Waals surface area (Å²) < 4.78 is 15.6. The van der Waals surface area contributed by atoms with Crippen molar-refractivity contribution in [2.75, 3.05) is 7.11 Å². The Kier molecular flexibility index (Phi) is 7.32. The molecule has 2 aromatic carbocycles. The fourth-order valence-corrected chi connectivity index (χ4v) is 5.19. The summed E-state index contributed by atoms with van der Waals surface area (Å²) in [6, 6.07) is 11.2. The van der Waals surface area contributed by atoms with Crippen molar-refractivity contribution in [2.24, 2.45) is 7.05 Å². The van der Waals surface area contributed by atoms with Gasteiger partial charge in [-0.2, -0.15) is 5.10 Å². The van der Waals surface area contributed by atoms with Crippen molar-refractivity contribution in [1.82, 2.24) is 9.78 Å². The molecule has 0 bridgehead atoms. The molecule has 0 aliphatic carbocycles. The number of allylic oxidation sites excluding steroid dienone is 1. The second-order valence-electron chi connectivity index (χ2n) is 6.10. The van der Waals surface area contributed by atoms with E-state index >= 15 is 0 Å².